The van der Waals surface area contributed by atoms with Gasteiger partial charge in [0, 0.05) is 24.6 Å². The highest BCUT2D eigenvalue weighted by Crippen LogP contribution is 2.30. The van der Waals surface area contributed by atoms with Crippen LogP contribution >= 0.6 is 0 Å². The first-order chi connectivity index (χ1) is 9.67. The van der Waals surface area contributed by atoms with Crippen LogP contribution in [0.1, 0.15) is 31.2 Å². The summed E-state index contributed by atoms with van der Waals surface area (Å²) in [5.74, 6) is 0.957. The minimum Gasteiger partial charge on any atom is -0.459 e. The molecular weight excluding hydrogens is 254 g/mol. The molecular formula is C16H23NO3. The number of benzene rings is 1. The summed E-state index contributed by atoms with van der Waals surface area (Å²) < 4.78 is 10.9. The lowest BCUT2D eigenvalue weighted by Gasteiger charge is -2.16. The zero-order valence-corrected chi connectivity index (χ0v) is 12.3. The van der Waals surface area contributed by atoms with E-state index in [0.717, 1.165) is 17.8 Å². The Balaban J connectivity index is 2.15. The van der Waals surface area contributed by atoms with Gasteiger partial charge in [0.2, 0.25) is 0 Å². The van der Waals surface area contributed by atoms with E-state index in [1.165, 1.54) is 10.9 Å². The summed E-state index contributed by atoms with van der Waals surface area (Å²) in [6.07, 6.45) is 0.427. The number of methoxy groups -OCH3 is 1. The number of rotatable bonds is 7. The van der Waals surface area contributed by atoms with Gasteiger partial charge in [-0.1, -0.05) is 25.1 Å². The molecule has 110 valence electrons. The third-order valence-electron chi connectivity index (χ3n) is 3.50. The Bertz CT molecular complexity index is 550. The molecule has 1 aromatic heterocycles. The molecule has 2 unspecified atom stereocenters. The van der Waals surface area contributed by atoms with Crippen LogP contribution in [0.5, 0.6) is 0 Å². The Morgan fingerprint density at radius 2 is 2.10 bits per heavy atom. The van der Waals surface area contributed by atoms with Crippen molar-refractivity contribution in [3.63, 3.8) is 0 Å². The summed E-state index contributed by atoms with van der Waals surface area (Å²) in [5, 5.41) is 14.2. The van der Waals surface area contributed by atoms with Crippen LogP contribution in [0.2, 0.25) is 0 Å². The van der Waals surface area contributed by atoms with Gasteiger partial charge in [0.05, 0.1) is 18.8 Å². The Kier molecular flexibility index (Phi) is 5.17. The van der Waals surface area contributed by atoms with Crippen molar-refractivity contribution in [3.8, 4) is 0 Å². The monoisotopic (exact) mass is 277 g/mol. The third kappa shape index (κ3) is 3.20. The number of fused-ring (bicyclic) bond motifs is 1. The summed E-state index contributed by atoms with van der Waals surface area (Å²) in [7, 11) is 1.58. The molecule has 0 saturated heterocycles. The molecule has 0 spiro atoms. The second-order valence-corrected chi connectivity index (χ2v) is 5.03. The van der Waals surface area contributed by atoms with E-state index in [9.17, 15) is 5.11 Å². The number of aliphatic hydroxyl groups is 1. The van der Waals surface area contributed by atoms with E-state index < -0.39 is 6.10 Å². The molecule has 0 radical (unpaired) electrons. The Morgan fingerprint density at radius 3 is 2.80 bits per heavy atom. The van der Waals surface area contributed by atoms with Gasteiger partial charge in [-0.2, -0.15) is 0 Å². The van der Waals surface area contributed by atoms with Gasteiger partial charge >= 0.3 is 0 Å². The molecule has 2 N–H and O–H groups in total. The standard InChI is InChI=1S/C16H23NO3/c1-4-13-14-7-5-6-8-15(14)20-16(13)11(2)17-9-12(18)10-19-3/h5-8,11-12,17-18H,4,9-10H2,1-3H3. The van der Waals surface area contributed by atoms with E-state index in [4.69, 9.17) is 9.15 Å². The first-order valence-electron chi connectivity index (χ1n) is 7.08. The van der Waals surface area contributed by atoms with Gasteiger partial charge in [0.15, 0.2) is 0 Å². The summed E-state index contributed by atoms with van der Waals surface area (Å²) >= 11 is 0. The summed E-state index contributed by atoms with van der Waals surface area (Å²) in [6, 6.07) is 8.15. The first-order valence-corrected chi connectivity index (χ1v) is 7.08. The number of aryl methyl sites for hydroxylation is 1. The van der Waals surface area contributed by atoms with Crippen molar-refractivity contribution in [2.24, 2.45) is 0 Å². The quantitative estimate of drug-likeness (QED) is 0.817. The topological polar surface area (TPSA) is 54.6 Å². The molecule has 2 rings (SSSR count). The lowest BCUT2D eigenvalue weighted by atomic mass is 10.0. The Labute approximate surface area is 119 Å². The molecule has 0 aliphatic heterocycles. The fraction of sp³-hybridized carbons (Fsp3) is 0.500. The Hall–Kier alpha value is -1.36. The molecule has 0 saturated carbocycles. The fourth-order valence-electron chi connectivity index (χ4n) is 2.49. The molecule has 4 nitrogen and oxygen atoms in total. The van der Waals surface area contributed by atoms with Crippen LogP contribution in [0.15, 0.2) is 28.7 Å². The van der Waals surface area contributed by atoms with Crippen molar-refractivity contribution in [2.75, 3.05) is 20.3 Å². The van der Waals surface area contributed by atoms with E-state index >= 15 is 0 Å². The van der Waals surface area contributed by atoms with Crippen LogP contribution < -0.4 is 5.32 Å². The van der Waals surface area contributed by atoms with Crippen LogP contribution in [0.3, 0.4) is 0 Å². The molecule has 0 bridgehead atoms. The molecule has 0 fully saturated rings. The van der Waals surface area contributed by atoms with Crippen molar-refractivity contribution in [2.45, 2.75) is 32.4 Å². The maximum atomic E-state index is 9.69. The number of furan rings is 1. The molecule has 20 heavy (non-hydrogen) atoms. The van der Waals surface area contributed by atoms with Crippen LogP contribution in [0.4, 0.5) is 0 Å². The number of aliphatic hydroxyl groups excluding tert-OH is 1. The number of hydrogen-bond donors (Lipinski definition) is 2. The van der Waals surface area contributed by atoms with E-state index in [-0.39, 0.29) is 6.04 Å². The summed E-state index contributed by atoms with van der Waals surface area (Å²) in [4.78, 5) is 0. The minimum atomic E-state index is -0.503. The van der Waals surface area contributed by atoms with E-state index in [0.29, 0.717) is 13.2 Å². The minimum absolute atomic E-state index is 0.0591. The normalized spacial score (nSPS) is 14.6. The van der Waals surface area contributed by atoms with Gasteiger partial charge in [0.25, 0.3) is 0 Å². The lowest BCUT2D eigenvalue weighted by molar-refractivity contribution is 0.0626. The van der Waals surface area contributed by atoms with E-state index in [1.54, 1.807) is 7.11 Å². The number of ether oxygens (including phenoxy) is 1. The van der Waals surface area contributed by atoms with Crippen molar-refractivity contribution in [1.82, 2.24) is 5.32 Å². The third-order valence-corrected chi connectivity index (χ3v) is 3.50. The van der Waals surface area contributed by atoms with Gasteiger partial charge in [-0.15, -0.1) is 0 Å². The van der Waals surface area contributed by atoms with Crippen molar-refractivity contribution in [1.29, 1.82) is 0 Å². The highest BCUT2D eigenvalue weighted by Gasteiger charge is 2.18. The Morgan fingerprint density at radius 1 is 1.35 bits per heavy atom. The lowest BCUT2D eigenvalue weighted by Crippen LogP contribution is -2.32. The SMILES string of the molecule is CCc1c(C(C)NCC(O)COC)oc2ccccc12. The largest absolute Gasteiger partial charge is 0.459 e. The molecule has 0 aliphatic rings. The van der Waals surface area contributed by atoms with Crippen molar-refractivity contribution in [3.05, 3.63) is 35.6 Å². The number of nitrogens with one attached hydrogen (secondary N) is 1. The first kappa shape index (κ1) is 15.0. The van der Waals surface area contributed by atoms with Gasteiger partial charge in [-0.05, 0) is 19.4 Å². The molecule has 4 heteroatoms. The highest BCUT2D eigenvalue weighted by molar-refractivity contribution is 5.82. The summed E-state index contributed by atoms with van der Waals surface area (Å²) in [6.45, 7) is 5.00. The smallest absolute Gasteiger partial charge is 0.134 e. The predicted octanol–water partition coefficient (Wildman–Crippen LogP) is 2.65. The maximum Gasteiger partial charge on any atom is 0.134 e. The zero-order chi connectivity index (χ0) is 14.5. The van der Waals surface area contributed by atoms with Crippen molar-refractivity contribution >= 4 is 11.0 Å². The molecule has 1 heterocycles. The summed E-state index contributed by atoms with van der Waals surface area (Å²) in [5.41, 5.74) is 2.16. The highest BCUT2D eigenvalue weighted by atomic mass is 16.5. The van der Waals surface area contributed by atoms with Crippen LogP contribution in [0, 0.1) is 0 Å². The van der Waals surface area contributed by atoms with Gasteiger partial charge < -0.3 is 19.6 Å². The molecule has 0 amide bonds. The average Bonchev–Trinajstić information content (AvgIpc) is 2.83. The maximum absolute atomic E-state index is 9.69. The van der Waals surface area contributed by atoms with E-state index in [1.807, 2.05) is 18.2 Å². The van der Waals surface area contributed by atoms with Gasteiger partial charge in [-0.25, -0.2) is 0 Å². The van der Waals surface area contributed by atoms with Crippen molar-refractivity contribution < 1.29 is 14.3 Å². The zero-order valence-electron chi connectivity index (χ0n) is 12.3. The van der Waals surface area contributed by atoms with Crippen LogP contribution in [-0.2, 0) is 11.2 Å². The molecule has 0 aliphatic carbocycles. The molecule has 2 atom stereocenters. The number of hydrogen-bond acceptors (Lipinski definition) is 4. The molecule has 2 aromatic rings. The fourth-order valence-corrected chi connectivity index (χ4v) is 2.49. The van der Waals surface area contributed by atoms with Gasteiger partial charge in [0.1, 0.15) is 11.3 Å². The molecule has 1 aromatic carbocycles. The van der Waals surface area contributed by atoms with Crippen LogP contribution in [0.25, 0.3) is 11.0 Å². The predicted molar refractivity (Wildman–Crippen MR) is 79.9 cm³/mol. The second-order valence-electron chi connectivity index (χ2n) is 5.03. The average molecular weight is 277 g/mol. The van der Waals surface area contributed by atoms with E-state index in [2.05, 4.69) is 25.2 Å². The van der Waals surface area contributed by atoms with Gasteiger partial charge in [-0.3, -0.25) is 0 Å². The second kappa shape index (κ2) is 6.88. The number of para-hydroxylation sites is 1. The van der Waals surface area contributed by atoms with Crippen LogP contribution in [-0.4, -0.2) is 31.5 Å².